The van der Waals surface area contributed by atoms with Crippen LogP contribution in [0.5, 0.6) is 0 Å². The van der Waals surface area contributed by atoms with Crippen molar-refractivity contribution in [2.24, 2.45) is 5.92 Å². The van der Waals surface area contributed by atoms with Gasteiger partial charge in [0.15, 0.2) is 0 Å². The summed E-state index contributed by atoms with van der Waals surface area (Å²) in [4.78, 5) is 11.3. The molecule has 2 nitrogen and oxygen atoms in total. The van der Waals surface area contributed by atoms with E-state index in [9.17, 15) is 4.79 Å². The van der Waals surface area contributed by atoms with Crippen LogP contribution in [-0.2, 0) is 4.79 Å². The maximum absolute atomic E-state index is 11.3. The van der Waals surface area contributed by atoms with Crippen LogP contribution >= 0.6 is 15.9 Å². The van der Waals surface area contributed by atoms with Gasteiger partial charge in [-0.25, -0.2) is 0 Å². The van der Waals surface area contributed by atoms with Crippen LogP contribution in [-0.4, -0.2) is 17.3 Å². The molecule has 0 bridgehead atoms. The molecule has 78 valence electrons. The summed E-state index contributed by atoms with van der Waals surface area (Å²) in [5.41, 5.74) is 0. The van der Waals surface area contributed by atoms with Gasteiger partial charge in [-0.3, -0.25) is 4.79 Å². The maximum atomic E-state index is 11.3. The summed E-state index contributed by atoms with van der Waals surface area (Å²) in [6.07, 6.45) is 2.80. The van der Waals surface area contributed by atoms with Crippen molar-refractivity contribution in [1.29, 1.82) is 0 Å². The number of nitrogens with one attached hydrogen (secondary N) is 1. The molecule has 1 amide bonds. The molecule has 0 saturated carbocycles. The first-order chi connectivity index (χ1) is 6.06. The van der Waals surface area contributed by atoms with E-state index in [2.05, 4.69) is 42.0 Å². The molecule has 0 fully saturated rings. The Bertz CT molecular complexity index is 148. The minimum absolute atomic E-state index is 0.178. The highest BCUT2D eigenvalue weighted by atomic mass is 79.9. The molecule has 0 saturated heterocycles. The lowest BCUT2D eigenvalue weighted by Crippen LogP contribution is -2.33. The van der Waals surface area contributed by atoms with Crippen LogP contribution in [0.3, 0.4) is 0 Å². The Morgan fingerprint density at radius 2 is 2.00 bits per heavy atom. The highest BCUT2D eigenvalue weighted by Gasteiger charge is 2.08. The van der Waals surface area contributed by atoms with Gasteiger partial charge in [0.05, 0.1) is 0 Å². The van der Waals surface area contributed by atoms with Gasteiger partial charge in [0.1, 0.15) is 0 Å². The lowest BCUT2D eigenvalue weighted by Gasteiger charge is -2.13. The molecular weight excluding hydrogens is 230 g/mol. The third kappa shape index (κ3) is 8.28. The number of halogens is 1. The Kier molecular flexibility index (Phi) is 7.33. The zero-order valence-corrected chi connectivity index (χ0v) is 10.4. The van der Waals surface area contributed by atoms with Crippen molar-refractivity contribution in [3.63, 3.8) is 0 Å². The van der Waals surface area contributed by atoms with Crippen molar-refractivity contribution >= 4 is 21.8 Å². The molecule has 0 heterocycles. The third-order valence-corrected chi connectivity index (χ3v) is 2.33. The topological polar surface area (TPSA) is 29.1 Å². The summed E-state index contributed by atoms with van der Waals surface area (Å²) in [6.45, 7) is 6.17. The number of alkyl halides is 1. The zero-order valence-electron chi connectivity index (χ0n) is 8.77. The van der Waals surface area contributed by atoms with E-state index >= 15 is 0 Å². The van der Waals surface area contributed by atoms with Crippen LogP contribution in [0.4, 0.5) is 0 Å². The van der Waals surface area contributed by atoms with Crippen LogP contribution in [0.25, 0.3) is 0 Å². The first-order valence-electron chi connectivity index (χ1n) is 4.91. The summed E-state index contributed by atoms with van der Waals surface area (Å²) in [7, 11) is 0. The second-order valence-electron chi connectivity index (χ2n) is 3.90. The average molecular weight is 250 g/mol. The van der Waals surface area contributed by atoms with E-state index in [-0.39, 0.29) is 5.91 Å². The third-order valence-electron chi connectivity index (χ3n) is 1.77. The van der Waals surface area contributed by atoms with Gasteiger partial charge in [-0.2, -0.15) is 0 Å². The minimum atomic E-state index is 0.178. The number of hydrogen-bond acceptors (Lipinski definition) is 1. The van der Waals surface area contributed by atoms with Crippen molar-refractivity contribution in [3.05, 3.63) is 0 Å². The maximum Gasteiger partial charge on any atom is 0.220 e. The first-order valence-corrected chi connectivity index (χ1v) is 6.03. The van der Waals surface area contributed by atoms with Gasteiger partial charge in [-0.1, -0.05) is 29.8 Å². The fraction of sp³-hybridized carbons (Fsp3) is 0.900. The van der Waals surface area contributed by atoms with Gasteiger partial charge in [-0.15, -0.1) is 0 Å². The highest BCUT2D eigenvalue weighted by molar-refractivity contribution is 9.09. The summed E-state index contributed by atoms with van der Waals surface area (Å²) in [5, 5.41) is 4.00. The number of carbonyl (C=O) groups is 1. The molecule has 0 radical (unpaired) electrons. The van der Waals surface area contributed by atoms with Gasteiger partial charge < -0.3 is 5.32 Å². The van der Waals surface area contributed by atoms with Gasteiger partial charge in [0.25, 0.3) is 0 Å². The second kappa shape index (κ2) is 7.36. The van der Waals surface area contributed by atoms with Crippen molar-refractivity contribution in [1.82, 2.24) is 5.32 Å². The van der Waals surface area contributed by atoms with E-state index in [0.717, 1.165) is 18.2 Å². The standard InChI is InChI=1S/C10H20BrNO/c1-8(2)7-10(13)12-9(3)5-4-6-11/h8-9H,4-7H2,1-3H3,(H,12,13). The summed E-state index contributed by atoms with van der Waals surface area (Å²) in [6, 6.07) is 0.309. The Hall–Kier alpha value is -0.0500. The molecule has 1 unspecified atom stereocenters. The van der Waals surface area contributed by atoms with E-state index in [1.807, 2.05) is 0 Å². The Balaban J connectivity index is 3.53. The molecule has 0 spiro atoms. The van der Waals surface area contributed by atoms with Crippen LogP contribution in [0, 0.1) is 5.92 Å². The lowest BCUT2D eigenvalue weighted by atomic mass is 10.1. The Labute approximate surface area is 89.6 Å². The van der Waals surface area contributed by atoms with E-state index in [0.29, 0.717) is 18.4 Å². The molecule has 0 aliphatic carbocycles. The fourth-order valence-electron chi connectivity index (χ4n) is 1.16. The molecule has 0 aromatic carbocycles. The van der Waals surface area contributed by atoms with Gasteiger partial charge >= 0.3 is 0 Å². The largest absolute Gasteiger partial charge is 0.354 e. The van der Waals surface area contributed by atoms with E-state index in [4.69, 9.17) is 0 Å². The molecule has 1 atom stereocenters. The summed E-state index contributed by atoms with van der Waals surface area (Å²) < 4.78 is 0. The predicted octanol–water partition coefficient (Wildman–Crippen LogP) is 2.71. The van der Waals surface area contributed by atoms with Gasteiger partial charge in [-0.05, 0) is 25.7 Å². The number of hydrogen-bond donors (Lipinski definition) is 1. The van der Waals surface area contributed by atoms with E-state index in [1.54, 1.807) is 0 Å². The van der Waals surface area contributed by atoms with Crippen molar-refractivity contribution in [3.8, 4) is 0 Å². The first kappa shape index (κ1) is 12.9. The van der Waals surface area contributed by atoms with Crippen LogP contribution in [0.15, 0.2) is 0 Å². The van der Waals surface area contributed by atoms with Crippen LogP contribution < -0.4 is 5.32 Å². The molecule has 0 rings (SSSR count). The number of amides is 1. The highest BCUT2D eigenvalue weighted by Crippen LogP contribution is 2.02. The average Bonchev–Trinajstić information content (AvgIpc) is 1.98. The van der Waals surface area contributed by atoms with Crippen molar-refractivity contribution in [2.75, 3.05) is 5.33 Å². The monoisotopic (exact) mass is 249 g/mol. The van der Waals surface area contributed by atoms with Crippen LogP contribution in [0.1, 0.15) is 40.0 Å². The molecule has 3 heteroatoms. The summed E-state index contributed by atoms with van der Waals surface area (Å²) in [5.74, 6) is 0.625. The van der Waals surface area contributed by atoms with Crippen molar-refractivity contribution in [2.45, 2.75) is 46.1 Å². The normalized spacial score (nSPS) is 13.0. The molecule has 13 heavy (non-hydrogen) atoms. The quantitative estimate of drug-likeness (QED) is 0.721. The van der Waals surface area contributed by atoms with E-state index in [1.165, 1.54) is 0 Å². The minimum Gasteiger partial charge on any atom is -0.354 e. The molecular formula is C10H20BrNO. The zero-order chi connectivity index (χ0) is 10.3. The molecule has 1 N–H and O–H groups in total. The predicted molar refractivity (Wildman–Crippen MR) is 60.1 cm³/mol. The fourth-order valence-corrected chi connectivity index (χ4v) is 1.48. The van der Waals surface area contributed by atoms with Crippen LogP contribution in [0.2, 0.25) is 0 Å². The van der Waals surface area contributed by atoms with E-state index < -0.39 is 0 Å². The number of carbonyl (C=O) groups excluding carboxylic acids is 1. The molecule has 0 aliphatic heterocycles. The van der Waals surface area contributed by atoms with Gasteiger partial charge in [0, 0.05) is 17.8 Å². The number of rotatable bonds is 6. The Morgan fingerprint density at radius 1 is 1.38 bits per heavy atom. The second-order valence-corrected chi connectivity index (χ2v) is 4.69. The SMILES string of the molecule is CC(C)CC(=O)NC(C)CCCBr. The summed E-state index contributed by atoms with van der Waals surface area (Å²) >= 11 is 3.37. The molecule has 0 aliphatic rings. The van der Waals surface area contributed by atoms with Crippen molar-refractivity contribution < 1.29 is 4.79 Å². The molecule has 0 aromatic heterocycles. The molecule has 0 aromatic rings. The van der Waals surface area contributed by atoms with Gasteiger partial charge in [0.2, 0.25) is 5.91 Å². The smallest absolute Gasteiger partial charge is 0.220 e. The lowest BCUT2D eigenvalue weighted by molar-refractivity contribution is -0.122. The Morgan fingerprint density at radius 3 is 2.46 bits per heavy atom.